The number of nitrogens with zero attached hydrogens (tertiary/aromatic N) is 3. The maximum atomic E-state index is 13.5. The lowest BCUT2D eigenvalue weighted by molar-refractivity contribution is -0.0801. The molecule has 3 heterocycles. The maximum absolute atomic E-state index is 13.5. The van der Waals surface area contributed by atoms with Gasteiger partial charge in [0.25, 0.3) is 0 Å². The molecule has 5 rings (SSSR count). The molecule has 3 fully saturated rings. The Kier molecular flexibility index (Phi) is 5.90. The number of nitrogens with one attached hydrogen (secondary N) is 1. The Bertz CT molecular complexity index is 848. The lowest BCUT2D eigenvalue weighted by atomic mass is 9.90. The van der Waals surface area contributed by atoms with Gasteiger partial charge in [0.1, 0.15) is 11.6 Å². The van der Waals surface area contributed by atoms with Gasteiger partial charge in [-0.05, 0) is 37.8 Å². The largest absolute Gasteiger partial charge is 0.439 e. The third-order valence-electron chi connectivity index (χ3n) is 5.82. The zero-order valence-corrected chi connectivity index (χ0v) is 17.1. The van der Waals surface area contributed by atoms with Crippen molar-refractivity contribution in [3.8, 4) is 11.6 Å². The summed E-state index contributed by atoms with van der Waals surface area (Å²) in [5.41, 5.74) is 0.969. The van der Waals surface area contributed by atoms with Gasteiger partial charge >= 0.3 is 0 Å². The van der Waals surface area contributed by atoms with E-state index in [1.807, 2.05) is 6.07 Å². The van der Waals surface area contributed by atoms with E-state index in [2.05, 4.69) is 15.2 Å². The summed E-state index contributed by atoms with van der Waals surface area (Å²) in [4.78, 5) is 11.7. The third-order valence-corrected chi connectivity index (χ3v) is 5.82. The molecule has 0 unspecified atom stereocenters. The number of halogens is 2. The first-order valence-corrected chi connectivity index (χ1v) is 10.1. The summed E-state index contributed by atoms with van der Waals surface area (Å²) in [5, 5.41) is 3.45. The second-order valence-corrected chi connectivity index (χ2v) is 7.96. The summed E-state index contributed by atoms with van der Waals surface area (Å²) >= 11 is 0. The van der Waals surface area contributed by atoms with Crippen LogP contribution < -0.4 is 15.0 Å². The van der Waals surface area contributed by atoms with E-state index < -0.39 is 0 Å². The molecule has 0 radical (unpaired) electrons. The van der Waals surface area contributed by atoms with E-state index in [1.165, 1.54) is 12.1 Å². The fourth-order valence-electron chi connectivity index (χ4n) is 4.01. The van der Waals surface area contributed by atoms with Crippen LogP contribution in [0.1, 0.15) is 37.3 Å². The Balaban J connectivity index is 0.00000205. The van der Waals surface area contributed by atoms with E-state index in [1.54, 1.807) is 12.1 Å². The van der Waals surface area contributed by atoms with Crippen LogP contribution in [0.2, 0.25) is 0 Å². The Morgan fingerprint density at radius 1 is 1.17 bits per heavy atom. The fraction of sp³-hybridized carbons (Fsp3) is 0.524. The smallest absolute Gasteiger partial charge is 0.228 e. The van der Waals surface area contributed by atoms with E-state index in [0.717, 1.165) is 64.2 Å². The number of benzene rings is 1. The van der Waals surface area contributed by atoms with Gasteiger partial charge in [0.05, 0.1) is 17.9 Å². The first kappa shape index (κ1) is 20.3. The summed E-state index contributed by atoms with van der Waals surface area (Å²) in [6, 6.07) is 8.04. The van der Waals surface area contributed by atoms with E-state index in [4.69, 9.17) is 14.5 Å². The number of hydrogen-bond acceptors (Lipinski definition) is 6. The van der Waals surface area contributed by atoms with E-state index in [-0.39, 0.29) is 23.8 Å². The number of anilines is 1. The van der Waals surface area contributed by atoms with Gasteiger partial charge in [-0.3, -0.25) is 0 Å². The highest BCUT2D eigenvalue weighted by Crippen LogP contribution is 2.41. The highest BCUT2D eigenvalue weighted by atomic mass is 35.5. The van der Waals surface area contributed by atoms with Crippen LogP contribution in [0.15, 0.2) is 30.3 Å². The zero-order chi connectivity index (χ0) is 19.0. The van der Waals surface area contributed by atoms with Crippen LogP contribution in [-0.2, 0) is 4.74 Å². The molecule has 1 spiro atoms. The number of aromatic nitrogens is 2. The van der Waals surface area contributed by atoms with Crippen LogP contribution in [0.3, 0.4) is 0 Å². The van der Waals surface area contributed by atoms with Gasteiger partial charge in [-0.1, -0.05) is 6.07 Å². The van der Waals surface area contributed by atoms with Crippen molar-refractivity contribution in [3.05, 3.63) is 41.8 Å². The molecule has 0 amide bonds. The molecule has 2 aromatic rings. The first-order chi connectivity index (χ1) is 13.7. The third kappa shape index (κ3) is 4.63. The molecule has 1 N–H and O–H groups in total. The van der Waals surface area contributed by atoms with Crippen molar-refractivity contribution in [1.29, 1.82) is 0 Å². The zero-order valence-electron chi connectivity index (χ0n) is 16.3. The average molecular weight is 421 g/mol. The average Bonchev–Trinajstić information content (AvgIpc) is 3.54. The van der Waals surface area contributed by atoms with Gasteiger partial charge in [0, 0.05) is 44.2 Å². The molecule has 29 heavy (non-hydrogen) atoms. The van der Waals surface area contributed by atoms with Crippen LogP contribution in [0.25, 0.3) is 0 Å². The van der Waals surface area contributed by atoms with Crippen LogP contribution in [0.5, 0.6) is 11.6 Å². The van der Waals surface area contributed by atoms with Crippen molar-refractivity contribution in [3.63, 3.8) is 0 Å². The first-order valence-electron chi connectivity index (χ1n) is 10.1. The topological polar surface area (TPSA) is 59.5 Å². The lowest BCUT2D eigenvalue weighted by Gasteiger charge is -2.44. The minimum atomic E-state index is -0.323. The molecule has 6 nitrogen and oxygen atoms in total. The standard InChI is InChI=1S/C21H25FN4O2.ClH/c22-16-2-1-3-17(12-16)28-19-13-18(15-4-5-15)24-20(25-19)26-9-6-21(7-10-26)14-23-8-11-27-21;/h1-3,12-13,15,23H,4-11,14H2;1H. The SMILES string of the molecule is Cl.Fc1cccc(Oc2cc(C3CC3)nc(N3CCC4(CC3)CNCCO4)n2)c1. The van der Waals surface area contributed by atoms with Gasteiger partial charge in [0.15, 0.2) is 0 Å². The normalized spacial score (nSPS) is 20.9. The van der Waals surface area contributed by atoms with Crippen molar-refractivity contribution in [2.75, 3.05) is 37.7 Å². The Hall–Kier alpha value is -1.96. The van der Waals surface area contributed by atoms with Crippen LogP contribution in [-0.4, -0.2) is 48.4 Å². The van der Waals surface area contributed by atoms with Gasteiger partial charge in [0.2, 0.25) is 11.8 Å². The second-order valence-electron chi connectivity index (χ2n) is 7.96. The molecule has 2 saturated heterocycles. The molecule has 1 aromatic heterocycles. The molecule has 8 heteroatoms. The number of ether oxygens (including phenoxy) is 2. The Labute approximate surface area is 176 Å². The molecular formula is C21H26ClFN4O2. The Morgan fingerprint density at radius 2 is 2.00 bits per heavy atom. The van der Waals surface area contributed by atoms with E-state index in [0.29, 0.717) is 23.5 Å². The minimum Gasteiger partial charge on any atom is -0.439 e. The number of rotatable bonds is 4. The summed E-state index contributed by atoms with van der Waals surface area (Å²) in [7, 11) is 0. The maximum Gasteiger partial charge on any atom is 0.228 e. The number of morpholine rings is 1. The summed E-state index contributed by atoms with van der Waals surface area (Å²) in [5.74, 6) is 1.80. The fourth-order valence-corrected chi connectivity index (χ4v) is 4.01. The predicted molar refractivity (Wildman–Crippen MR) is 111 cm³/mol. The lowest BCUT2D eigenvalue weighted by Crippen LogP contribution is -2.55. The molecule has 1 aromatic carbocycles. The molecule has 3 aliphatic rings. The van der Waals surface area contributed by atoms with Crippen LogP contribution >= 0.6 is 12.4 Å². The van der Waals surface area contributed by atoms with Crippen molar-refractivity contribution in [1.82, 2.24) is 15.3 Å². The van der Waals surface area contributed by atoms with E-state index in [9.17, 15) is 4.39 Å². The summed E-state index contributed by atoms with van der Waals surface area (Å²) < 4.78 is 25.4. The highest BCUT2D eigenvalue weighted by Gasteiger charge is 2.38. The van der Waals surface area contributed by atoms with Crippen molar-refractivity contribution in [2.45, 2.75) is 37.2 Å². The van der Waals surface area contributed by atoms with Gasteiger partial charge < -0.3 is 19.7 Å². The van der Waals surface area contributed by atoms with Crippen LogP contribution in [0.4, 0.5) is 10.3 Å². The molecule has 2 aliphatic heterocycles. The van der Waals surface area contributed by atoms with Crippen molar-refractivity contribution < 1.29 is 13.9 Å². The van der Waals surface area contributed by atoms with Crippen molar-refractivity contribution >= 4 is 18.4 Å². The van der Waals surface area contributed by atoms with Gasteiger partial charge in [-0.25, -0.2) is 9.37 Å². The molecule has 1 saturated carbocycles. The van der Waals surface area contributed by atoms with E-state index >= 15 is 0 Å². The quantitative estimate of drug-likeness (QED) is 0.814. The highest BCUT2D eigenvalue weighted by molar-refractivity contribution is 5.85. The second kappa shape index (κ2) is 8.42. The summed E-state index contributed by atoms with van der Waals surface area (Å²) in [6.45, 7) is 4.33. The van der Waals surface area contributed by atoms with Gasteiger partial charge in [-0.15, -0.1) is 12.4 Å². The number of piperidine rings is 1. The summed E-state index contributed by atoms with van der Waals surface area (Å²) in [6.07, 6.45) is 4.21. The molecule has 0 atom stereocenters. The molecule has 0 bridgehead atoms. The van der Waals surface area contributed by atoms with Crippen LogP contribution in [0, 0.1) is 5.82 Å². The van der Waals surface area contributed by atoms with Crippen molar-refractivity contribution in [2.24, 2.45) is 0 Å². The molecule has 1 aliphatic carbocycles. The molecular weight excluding hydrogens is 395 g/mol. The number of hydrogen-bond donors (Lipinski definition) is 1. The van der Waals surface area contributed by atoms with Gasteiger partial charge in [-0.2, -0.15) is 4.98 Å². The molecule has 156 valence electrons. The Morgan fingerprint density at radius 3 is 2.69 bits per heavy atom. The predicted octanol–water partition coefficient (Wildman–Crippen LogP) is 3.67. The monoisotopic (exact) mass is 420 g/mol. The minimum absolute atomic E-state index is 0.